The van der Waals surface area contributed by atoms with Crippen LogP contribution in [-0.4, -0.2) is 24.1 Å². The normalized spacial score (nSPS) is 11.9. The van der Waals surface area contributed by atoms with Crippen LogP contribution in [0, 0.1) is 0 Å². The first-order chi connectivity index (χ1) is 6.65. The first-order valence-electron chi connectivity index (χ1n) is 4.09. The van der Waals surface area contributed by atoms with Gasteiger partial charge in [0.1, 0.15) is 6.04 Å². The van der Waals surface area contributed by atoms with Gasteiger partial charge < -0.3 is 10.1 Å². The molecule has 76 valence electrons. The third-order valence-corrected chi connectivity index (χ3v) is 2.02. The van der Waals surface area contributed by atoms with Gasteiger partial charge in [0.2, 0.25) is 0 Å². The fraction of sp³-hybridized carbons (Fsp3) is 0.333. The second-order valence-electron chi connectivity index (χ2n) is 2.74. The van der Waals surface area contributed by atoms with Gasteiger partial charge in [-0.3, -0.25) is 4.98 Å². The van der Waals surface area contributed by atoms with E-state index in [0.717, 1.165) is 0 Å². The first kappa shape index (κ1) is 10.8. The Kier molecular flexibility index (Phi) is 3.71. The van der Waals surface area contributed by atoms with Gasteiger partial charge in [-0.05, 0) is 13.0 Å². The second kappa shape index (κ2) is 4.81. The quantitative estimate of drug-likeness (QED) is 0.779. The molecule has 1 aromatic heterocycles. The maximum absolute atomic E-state index is 11.1. The number of ether oxygens (including phenoxy) is 1. The Balaban J connectivity index is 2.69. The molecule has 4 nitrogen and oxygen atoms in total. The maximum Gasteiger partial charge on any atom is 0.327 e. The standard InChI is InChI=1S/C9H11ClN2O2/c1-6(9(13)14-2)12-8-5-11-4-3-7(8)10/h3-6,12H,1-2H3. The predicted octanol–water partition coefficient (Wildman–Crippen LogP) is 1.71. The summed E-state index contributed by atoms with van der Waals surface area (Å²) in [6.07, 6.45) is 3.14. The molecule has 0 fully saturated rings. The van der Waals surface area contributed by atoms with Gasteiger partial charge >= 0.3 is 5.97 Å². The van der Waals surface area contributed by atoms with E-state index in [9.17, 15) is 4.79 Å². The van der Waals surface area contributed by atoms with E-state index in [-0.39, 0.29) is 5.97 Å². The molecule has 0 amide bonds. The third-order valence-electron chi connectivity index (χ3n) is 1.69. The molecule has 1 heterocycles. The summed E-state index contributed by atoms with van der Waals surface area (Å²) < 4.78 is 4.56. The van der Waals surface area contributed by atoms with E-state index in [0.29, 0.717) is 10.7 Å². The Morgan fingerprint density at radius 1 is 1.71 bits per heavy atom. The molecule has 0 saturated carbocycles. The van der Waals surface area contributed by atoms with Crippen molar-refractivity contribution in [2.24, 2.45) is 0 Å². The molecule has 0 aliphatic rings. The minimum absolute atomic E-state index is 0.343. The summed E-state index contributed by atoms with van der Waals surface area (Å²) in [6.45, 7) is 1.69. The van der Waals surface area contributed by atoms with Crippen molar-refractivity contribution in [3.05, 3.63) is 23.5 Å². The van der Waals surface area contributed by atoms with Crippen LogP contribution in [0.4, 0.5) is 5.69 Å². The van der Waals surface area contributed by atoms with Crippen LogP contribution in [0.2, 0.25) is 5.02 Å². The van der Waals surface area contributed by atoms with E-state index < -0.39 is 6.04 Å². The summed E-state index contributed by atoms with van der Waals surface area (Å²) in [7, 11) is 1.34. The van der Waals surface area contributed by atoms with Gasteiger partial charge in [-0.15, -0.1) is 0 Å². The zero-order chi connectivity index (χ0) is 10.6. The highest BCUT2D eigenvalue weighted by molar-refractivity contribution is 6.33. The van der Waals surface area contributed by atoms with Gasteiger partial charge in [-0.2, -0.15) is 0 Å². The summed E-state index contributed by atoms with van der Waals surface area (Å²) in [5.41, 5.74) is 0.618. The van der Waals surface area contributed by atoms with Crippen molar-refractivity contribution >= 4 is 23.3 Å². The summed E-state index contributed by atoms with van der Waals surface area (Å²) in [5.74, 6) is -0.343. The monoisotopic (exact) mass is 214 g/mol. The molecule has 1 N–H and O–H groups in total. The van der Waals surface area contributed by atoms with Crippen molar-refractivity contribution < 1.29 is 9.53 Å². The Morgan fingerprint density at radius 2 is 2.43 bits per heavy atom. The lowest BCUT2D eigenvalue weighted by Crippen LogP contribution is -2.27. The van der Waals surface area contributed by atoms with Crippen LogP contribution in [0.15, 0.2) is 18.5 Å². The number of hydrogen-bond acceptors (Lipinski definition) is 4. The molecule has 0 radical (unpaired) electrons. The molecule has 0 aliphatic heterocycles. The molecule has 0 spiro atoms. The number of hydrogen-bond donors (Lipinski definition) is 1. The van der Waals surface area contributed by atoms with Gasteiger partial charge in [-0.1, -0.05) is 11.6 Å². The van der Waals surface area contributed by atoms with E-state index in [1.165, 1.54) is 7.11 Å². The van der Waals surface area contributed by atoms with Gasteiger partial charge in [0.25, 0.3) is 0 Å². The fourth-order valence-electron chi connectivity index (χ4n) is 0.953. The summed E-state index contributed by atoms with van der Waals surface area (Å²) in [4.78, 5) is 15.0. The highest BCUT2D eigenvalue weighted by Crippen LogP contribution is 2.19. The Hall–Kier alpha value is -1.29. The van der Waals surface area contributed by atoms with Crippen molar-refractivity contribution in [2.75, 3.05) is 12.4 Å². The number of halogens is 1. The van der Waals surface area contributed by atoms with Crippen molar-refractivity contribution in [1.82, 2.24) is 4.98 Å². The van der Waals surface area contributed by atoms with Crippen molar-refractivity contribution in [2.45, 2.75) is 13.0 Å². The van der Waals surface area contributed by atoms with E-state index in [2.05, 4.69) is 15.0 Å². The van der Waals surface area contributed by atoms with Crippen LogP contribution >= 0.6 is 11.6 Å². The number of rotatable bonds is 3. The SMILES string of the molecule is COC(=O)C(C)Nc1cnccc1Cl. The highest BCUT2D eigenvalue weighted by atomic mass is 35.5. The van der Waals surface area contributed by atoms with Crippen molar-refractivity contribution in [3.8, 4) is 0 Å². The Morgan fingerprint density at radius 3 is 3.00 bits per heavy atom. The van der Waals surface area contributed by atoms with E-state index in [4.69, 9.17) is 11.6 Å². The van der Waals surface area contributed by atoms with Gasteiger partial charge in [-0.25, -0.2) is 4.79 Å². The Labute approximate surface area is 87.2 Å². The molecule has 1 atom stereocenters. The molecular formula is C9H11ClN2O2. The van der Waals surface area contributed by atoms with Crippen molar-refractivity contribution in [3.63, 3.8) is 0 Å². The largest absolute Gasteiger partial charge is 0.467 e. The average Bonchev–Trinajstić information content (AvgIpc) is 2.20. The number of aromatic nitrogens is 1. The van der Waals surface area contributed by atoms with Gasteiger partial charge in [0, 0.05) is 6.20 Å². The van der Waals surface area contributed by atoms with Gasteiger partial charge in [0.05, 0.1) is 24.0 Å². The fourth-order valence-corrected chi connectivity index (χ4v) is 1.11. The molecule has 14 heavy (non-hydrogen) atoms. The first-order valence-corrected chi connectivity index (χ1v) is 4.47. The van der Waals surface area contributed by atoms with Crippen molar-refractivity contribution in [1.29, 1.82) is 0 Å². The molecule has 0 aromatic carbocycles. The minimum atomic E-state index is -0.443. The van der Waals surface area contributed by atoms with Crippen LogP contribution in [0.1, 0.15) is 6.92 Å². The van der Waals surface area contributed by atoms with Gasteiger partial charge in [0.15, 0.2) is 0 Å². The van der Waals surface area contributed by atoms with Crippen LogP contribution in [-0.2, 0) is 9.53 Å². The number of nitrogens with one attached hydrogen (secondary N) is 1. The number of pyridine rings is 1. The topological polar surface area (TPSA) is 51.2 Å². The summed E-state index contributed by atoms with van der Waals surface area (Å²) in [5, 5.41) is 3.42. The lowest BCUT2D eigenvalue weighted by Gasteiger charge is -2.13. The minimum Gasteiger partial charge on any atom is -0.467 e. The lowest BCUT2D eigenvalue weighted by molar-refractivity contribution is -0.141. The molecule has 1 unspecified atom stereocenters. The molecule has 1 aromatic rings. The summed E-state index contributed by atoms with van der Waals surface area (Å²) >= 11 is 5.86. The van der Waals surface area contributed by atoms with E-state index in [1.54, 1.807) is 25.4 Å². The zero-order valence-electron chi connectivity index (χ0n) is 7.95. The number of carbonyl (C=O) groups is 1. The molecule has 1 rings (SSSR count). The van der Waals surface area contributed by atoms with Crippen LogP contribution in [0.3, 0.4) is 0 Å². The van der Waals surface area contributed by atoms with E-state index in [1.807, 2.05) is 0 Å². The number of nitrogens with zero attached hydrogens (tertiary/aromatic N) is 1. The smallest absolute Gasteiger partial charge is 0.327 e. The van der Waals surface area contributed by atoms with Crippen LogP contribution < -0.4 is 5.32 Å². The van der Waals surface area contributed by atoms with E-state index >= 15 is 0 Å². The Bertz CT molecular complexity index is 330. The number of methoxy groups -OCH3 is 1. The molecular weight excluding hydrogens is 204 g/mol. The van der Waals surface area contributed by atoms with Crippen LogP contribution in [0.25, 0.3) is 0 Å². The maximum atomic E-state index is 11.1. The van der Waals surface area contributed by atoms with Crippen LogP contribution in [0.5, 0.6) is 0 Å². The lowest BCUT2D eigenvalue weighted by atomic mass is 10.3. The number of esters is 1. The highest BCUT2D eigenvalue weighted by Gasteiger charge is 2.13. The number of carbonyl (C=O) groups excluding carboxylic acids is 1. The number of anilines is 1. The average molecular weight is 215 g/mol. The molecule has 0 saturated heterocycles. The predicted molar refractivity (Wildman–Crippen MR) is 54.3 cm³/mol. The molecule has 0 aliphatic carbocycles. The second-order valence-corrected chi connectivity index (χ2v) is 3.15. The summed E-state index contributed by atoms with van der Waals surface area (Å²) in [6, 6.07) is 1.20. The molecule has 0 bridgehead atoms. The zero-order valence-corrected chi connectivity index (χ0v) is 8.71. The third kappa shape index (κ3) is 2.60. The molecule has 5 heteroatoms.